The highest BCUT2D eigenvalue weighted by atomic mass is 16.5. The summed E-state index contributed by atoms with van der Waals surface area (Å²) >= 11 is 0. The molecule has 0 radical (unpaired) electrons. The molecule has 1 aromatic rings. The molecule has 1 atom stereocenters. The smallest absolute Gasteiger partial charge is 0.162 e. The molecule has 16 heavy (non-hydrogen) atoms. The van der Waals surface area contributed by atoms with Crippen LogP contribution in [0.5, 0.6) is 11.5 Å². The molecular formula is C13H17NO2. The molecule has 0 aromatic heterocycles. The highest BCUT2D eigenvalue weighted by Gasteiger charge is 2.08. The summed E-state index contributed by atoms with van der Waals surface area (Å²) in [5, 5.41) is 3.17. The van der Waals surface area contributed by atoms with Gasteiger partial charge in [-0.2, -0.15) is 0 Å². The fourth-order valence-corrected chi connectivity index (χ4v) is 1.36. The van der Waals surface area contributed by atoms with E-state index in [1.54, 1.807) is 7.11 Å². The van der Waals surface area contributed by atoms with Crippen molar-refractivity contribution in [3.05, 3.63) is 23.8 Å². The lowest BCUT2D eigenvalue weighted by atomic mass is 10.1. The Morgan fingerprint density at radius 3 is 2.75 bits per heavy atom. The third kappa shape index (κ3) is 2.91. The molecule has 0 bridgehead atoms. The Morgan fingerprint density at radius 1 is 1.44 bits per heavy atom. The second-order valence-electron chi connectivity index (χ2n) is 3.41. The molecular weight excluding hydrogens is 202 g/mol. The predicted octanol–water partition coefficient (Wildman–Crippen LogP) is 1.99. The lowest BCUT2D eigenvalue weighted by Crippen LogP contribution is -2.12. The number of nitrogens with one attached hydrogen (secondary N) is 1. The third-order valence-corrected chi connectivity index (χ3v) is 2.43. The highest BCUT2D eigenvalue weighted by molar-refractivity contribution is 5.43. The maximum absolute atomic E-state index is 5.36. The first-order valence-electron chi connectivity index (χ1n) is 5.14. The van der Waals surface area contributed by atoms with Gasteiger partial charge < -0.3 is 14.8 Å². The maximum atomic E-state index is 5.36. The molecule has 0 spiro atoms. The fraction of sp³-hybridized carbons (Fsp3) is 0.385. The van der Waals surface area contributed by atoms with Gasteiger partial charge >= 0.3 is 0 Å². The average Bonchev–Trinajstić information content (AvgIpc) is 2.35. The molecule has 0 heterocycles. The van der Waals surface area contributed by atoms with E-state index in [4.69, 9.17) is 15.9 Å². The van der Waals surface area contributed by atoms with E-state index in [2.05, 4.69) is 18.2 Å². The zero-order chi connectivity index (χ0) is 12.0. The van der Waals surface area contributed by atoms with Crippen LogP contribution in [0.2, 0.25) is 0 Å². The number of hydrogen-bond acceptors (Lipinski definition) is 3. The van der Waals surface area contributed by atoms with E-state index in [1.165, 1.54) is 0 Å². The van der Waals surface area contributed by atoms with Crippen LogP contribution >= 0.6 is 0 Å². The summed E-state index contributed by atoms with van der Waals surface area (Å²) in [6, 6.07) is 6.10. The number of rotatable bonds is 5. The van der Waals surface area contributed by atoms with Crippen molar-refractivity contribution in [1.29, 1.82) is 0 Å². The molecule has 0 saturated heterocycles. The van der Waals surface area contributed by atoms with E-state index in [9.17, 15) is 0 Å². The van der Waals surface area contributed by atoms with E-state index < -0.39 is 0 Å². The summed E-state index contributed by atoms with van der Waals surface area (Å²) < 4.78 is 10.6. The number of terminal acetylenes is 1. The molecule has 0 aliphatic rings. The van der Waals surface area contributed by atoms with Gasteiger partial charge in [-0.25, -0.2) is 0 Å². The van der Waals surface area contributed by atoms with Gasteiger partial charge in [-0.05, 0) is 31.7 Å². The highest BCUT2D eigenvalue weighted by Crippen LogP contribution is 2.30. The molecule has 86 valence electrons. The topological polar surface area (TPSA) is 30.5 Å². The van der Waals surface area contributed by atoms with Crippen molar-refractivity contribution >= 4 is 0 Å². The van der Waals surface area contributed by atoms with Crippen molar-refractivity contribution in [2.24, 2.45) is 0 Å². The average molecular weight is 219 g/mol. The lowest BCUT2D eigenvalue weighted by Gasteiger charge is -2.14. The Kier molecular flexibility index (Phi) is 4.68. The first-order valence-corrected chi connectivity index (χ1v) is 5.14. The summed E-state index contributed by atoms with van der Waals surface area (Å²) in [7, 11) is 3.53. The van der Waals surface area contributed by atoms with Crippen LogP contribution in [0.25, 0.3) is 0 Å². The monoisotopic (exact) mass is 219 g/mol. The van der Waals surface area contributed by atoms with Crippen LogP contribution in [0.3, 0.4) is 0 Å². The van der Waals surface area contributed by atoms with E-state index in [0.29, 0.717) is 11.5 Å². The van der Waals surface area contributed by atoms with Crippen LogP contribution in [-0.2, 0) is 0 Å². The second-order valence-corrected chi connectivity index (χ2v) is 3.41. The minimum atomic E-state index is 0.247. The van der Waals surface area contributed by atoms with E-state index in [1.807, 2.05) is 25.2 Å². The van der Waals surface area contributed by atoms with Gasteiger partial charge in [0.25, 0.3) is 0 Å². The molecule has 1 unspecified atom stereocenters. The van der Waals surface area contributed by atoms with Gasteiger partial charge in [-0.15, -0.1) is 6.42 Å². The van der Waals surface area contributed by atoms with Gasteiger partial charge in [0.1, 0.15) is 6.61 Å². The standard InChI is InChI=1S/C13H17NO2/c1-5-8-16-12-7-6-11(10(2)14-3)9-13(12)15-4/h1,6-7,9-10,14H,8H2,2-4H3. The molecule has 1 rings (SSSR count). The Balaban J connectivity index is 2.93. The largest absolute Gasteiger partial charge is 0.493 e. The van der Waals surface area contributed by atoms with Gasteiger partial charge in [-0.3, -0.25) is 0 Å². The fourth-order valence-electron chi connectivity index (χ4n) is 1.36. The minimum absolute atomic E-state index is 0.247. The zero-order valence-corrected chi connectivity index (χ0v) is 9.91. The maximum Gasteiger partial charge on any atom is 0.162 e. The SMILES string of the molecule is C#CCOc1ccc(C(C)NC)cc1OC. The van der Waals surface area contributed by atoms with Crippen molar-refractivity contribution in [2.75, 3.05) is 20.8 Å². The van der Waals surface area contributed by atoms with E-state index in [0.717, 1.165) is 5.56 Å². The number of benzene rings is 1. The molecule has 0 aliphatic carbocycles. The Hall–Kier alpha value is -1.66. The summed E-state index contributed by atoms with van der Waals surface area (Å²) in [5.74, 6) is 3.80. The number of ether oxygens (including phenoxy) is 2. The van der Waals surface area contributed by atoms with Crippen LogP contribution in [0, 0.1) is 12.3 Å². The van der Waals surface area contributed by atoms with Gasteiger partial charge in [-0.1, -0.05) is 12.0 Å². The van der Waals surface area contributed by atoms with E-state index >= 15 is 0 Å². The van der Waals surface area contributed by atoms with Crippen molar-refractivity contribution in [3.63, 3.8) is 0 Å². The lowest BCUT2D eigenvalue weighted by molar-refractivity contribution is 0.330. The van der Waals surface area contributed by atoms with Crippen molar-refractivity contribution in [3.8, 4) is 23.8 Å². The summed E-state index contributed by atoms with van der Waals surface area (Å²) in [6.07, 6.45) is 5.14. The van der Waals surface area contributed by atoms with Crippen molar-refractivity contribution < 1.29 is 9.47 Å². The van der Waals surface area contributed by atoms with Crippen LogP contribution < -0.4 is 14.8 Å². The summed E-state index contributed by atoms with van der Waals surface area (Å²) in [4.78, 5) is 0. The Labute approximate surface area is 96.8 Å². The molecule has 1 N–H and O–H groups in total. The van der Waals surface area contributed by atoms with Gasteiger partial charge in [0.2, 0.25) is 0 Å². The Morgan fingerprint density at radius 2 is 2.19 bits per heavy atom. The zero-order valence-electron chi connectivity index (χ0n) is 9.91. The quantitative estimate of drug-likeness (QED) is 0.768. The number of hydrogen-bond donors (Lipinski definition) is 1. The van der Waals surface area contributed by atoms with Crippen LogP contribution in [0.1, 0.15) is 18.5 Å². The molecule has 0 amide bonds. The summed E-state index contributed by atoms with van der Waals surface area (Å²) in [5.41, 5.74) is 1.15. The minimum Gasteiger partial charge on any atom is -0.493 e. The van der Waals surface area contributed by atoms with Crippen LogP contribution in [0.4, 0.5) is 0 Å². The second kappa shape index (κ2) is 6.04. The molecule has 0 fully saturated rings. The van der Waals surface area contributed by atoms with Crippen molar-refractivity contribution in [1.82, 2.24) is 5.32 Å². The van der Waals surface area contributed by atoms with Crippen molar-refractivity contribution in [2.45, 2.75) is 13.0 Å². The van der Waals surface area contributed by atoms with Gasteiger partial charge in [0, 0.05) is 6.04 Å². The molecule has 0 saturated carbocycles. The molecule has 3 nitrogen and oxygen atoms in total. The van der Waals surface area contributed by atoms with E-state index in [-0.39, 0.29) is 12.6 Å². The summed E-state index contributed by atoms with van der Waals surface area (Å²) in [6.45, 7) is 2.33. The molecule has 1 aromatic carbocycles. The normalized spacial score (nSPS) is 11.6. The molecule has 3 heteroatoms. The van der Waals surface area contributed by atoms with Gasteiger partial charge in [0.15, 0.2) is 11.5 Å². The first kappa shape index (κ1) is 12.4. The van der Waals surface area contributed by atoms with Crippen LogP contribution in [0.15, 0.2) is 18.2 Å². The Bertz CT molecular complexity index is 382. The van der Waals surface area contributed by atoms with Crippen LogP contribution in [-0.4, -0.2) is 20.8 Å². The molecule has 0 aliphatic heterocycles. The first-order chi connectivity index (χ1) is 7.72. The number of methoxy groups -OCH3 is 1. The van der Waals surface area contributed by atoms with Gasteiger partial charge in [0.05, 0.1) is 7.11 Å². The predicted molar refractivity (Wildman–Crippen MR) is 64.8 cm³/mol. The third-order valence-electron chi connectivity index (χ3n) is 2.43.